The fourth-order valence-electron chi connectivity index (χ4n) is 2.51. The molecule has 1 aliphatic heterocycles. The van der Waals surface area contributed by atoms with Crippen LogP contribution in [0.25, 0.3) is 0 Å². The van der Waals surface area contributed by atoms with Gasteiger partial charge in [0.05, 0.1) is 0 Å². The lowest BCUT2D eigenvalue weighted by Crippen LogP contribution is -2.35. The van der Waals surface area contributed by atoms with Crippen molar-refractivity contribution in [2.45, 2.75) is 50.9 Å². The summed E-state index contributed by atoms with van der Waals surface area (Å²) in [5.74, 6) is 0. The van der Waals surface area contributed by atoms with E-state index in [2.05, 4.69) is 49.9 Å². The van der Waals surface area contributed by atoms with E-state index in [1.54, 1.807) is 0 Å². The van der Waals surface area contributed by atoms with Crippen molar-refractivity contribution in [1.82, 2.24) is 4.90 Å². The summed E-state index contributed by atoms with van der Waals surface area (Å²) in [4.78, 5) is 2.47. The smallest absolute Gasteiger partial charge is 0.0463 e. The second kappa shape index (κ2) is 5.63. The highest BCUT2D eigenvalue weighted by Crippen LogP contribution is 2.23. The number of benzene rings is 1. The van der Waals surface area contributed by atoms with Crippen molar-refractivity contribution < 1.29 is 0 Å². The molecular formula is C16H24ClN. The molecule has 0 amide bonds. The molecular weight excluding hydrogens is 242 g/mol. The van der Waals surface area contributed by atoms with Crippen LogP contribution in [0.1, 0.15) is 44.7 Å². The summed E-state index contributed by atoms with van der Waals surface area (Å²) < 4.78 is 0. The highest BCUT2D eigenvalue weighted by molar-refractivity contribution is 6.20. The monoisotopic (exact) mass is 265 g/mol. The topological polar surface area (TPSA) is 3.24 Å². The average molecular weight is 266 g/mol. The minimum absolute atomic E-state index is 0.241. The van der Waals surface area contributed by atoms with Crippen molar-refractivity contribution in [2.75, 3.05) is 13.1 Å². The first-order chi connectivity index (χ1) is 8.45. The van der Waals surface area contributed by atoms with E-state index >= 15 is 0 Å². The number of rotatable bonds is 2. The van der Waals surface area contributed by atoms with Crippen LogP contribution in [0.4, 0.5) is 0 Å². The number of likely N-dealkylation sites (tertiary alicyclic amines) is 1. The summed E-state index contributed by atoms with van der Waals surface area (Å²) in [6, 6.07) is 9.05. The van der Waals surface area contributed by atoms with Gasteiger partial charge in [-0.15, -0.1) is 11.6 Å². The molecule has 2 rings (SSSR count). The SMILES string of the molecule is CC(C)(C)c1ccc(CN2CCCC(Cl)C2)cc1. The number of alkyl halides is 1. The number of piperidine rings is 1. The number of nitrogens with zero attached hydrogens (tertiary/aromatic N) is 1. The lowest BCUT2D eigenvalue weighted by atomic mass is 9.87. The largest absolute Gasteiger partial charge is 0.298 e. The number of hydrogen-bond acceptors (Lipinski definition) is 1. The third kappa shape index (κ3) is 3.73. The summed E-state index contributed by atoms with van der Waals surface area (Å²) >= 11 is 6.22. The average Bonchev–Trinajstić information content (AvgIpc) is 2.28. The Kier molecular flexibility index (Phi) is 4.34. The summed E-state index contributed by atoms with van der Waals surface area (Å²) in [7, 11) is 0. The van der Waals surface area contributed by atoms with E-state index in [1.807, 2.05) is 0 Å². The second-order valence-corrected chi connectivity index (χ2v) is 7.04. The van der Waals surface area contributed by atoms with Crippen molar-refractivity contribution in [2.24, 2.45) is 0 Å². The molecule has 1 aliphatic rings. The summed E-state index contributed by atoms with van der Waals surface area (Å²) in [6.07, 6.45) is 2.40. The summed E-state index contributed by atoms with van der Waals surface area (Å²) in [6.45, 7) is 10.0. The first kappa shape index (κ1) is 13.9. The molecule has 0 aromatic heterocycles. The Hall–Kier alpha value is -0.530. The van der Waals surface area contributed by atoms with Crippen molar-refractivity contribution >= 4 is 11.6 Å². The summed E-state index contributed by atoms with van der Waals surface area (Å²) in [5, 5.41) is 0.340. The van der Waals surface area contributed by atoms with Gasteiger partial charge in [-0.1, -0.05) is 45.0 Å². The Morgan fingerprint density at radius 1 is 1.22 bits per heavy atom. The van der Waals surface area contributed by atoms with E-state index in [1.165, 1.54) is 30.5 Å². The quantitative estimate of drug-likeness (QED) is 0.725. The summed E-state index contributed by atoms with van der Waals surface area (Å²) in [5.41, 5.74) is 3.04. The van der Waals surface area contributed by atoms with Gasteiger partial charge in [-0.25, -0.2) is 0 Å². The highest BCUT2D eigenvalue weighted by Gasteiger charge is 2.18. The normalized spacial score (nSPS) is 22.1. The molecule has 1 nitrogen and oxygen atoms in total. The van der Waals surface area contributed by atoms with Crippen LogP contribution >= 0.6 is 11.6 Å². The van der Waals surface area contributed by atoms with Crippen molar-refractivity contribution in [1.29, 1.82) is 0 Å². The van der Waals surface area contributed by atoms with Crippen molar-refractivity contribution in [3.63, 3.8) is 0 Å². The van der Waals surface area contributed by atoms with Crippen molar-refractivity contribution in [3.8, 4) is 0 Å². The number of hydrogen-bond donors (Lipinski definition) is 0. The van der Waals surface area contributed by atoms with Gasteiger partial charge >= 0.3 is 0 Å². The Morgan fingerprint density at radius 2 is 1.89 bits per heavy atom. The second-order valence-electron chi connectivity index (χ2n) is 6.42. The van der Waals surface area contributed by atoms with Crippen LogP contribution in [0.5, 0.6) is 0 Å². The van der Waals surface area contributed by atoms with Crippen LogP contribution in [0, 0.1) is 0 Å². The highest BCUT2D eigenvalue weighted by atomic mass is 35.5. The molecule has 2 heteroatoms. The van der Waals surface area contributed by atoms with Gasteiger partial charge in [-0.3, -0.25) is 4.90 Å². The van der Waals surface area contributed by atoms with E-state index in [4.69, 9.17) is 11.6 Å². The molecule has 100 valence electrons. The van der Waals surface area contributed by atoms with Crippen molar-refractivity contribution in [3.05, 3.63) is 35.4 Å². The molecule has 0 saturated carbocycles. The van der Waals surface area contributed by atoms with E-state index in [0.717, 1.165) is 13.1 Å². The fourth-order valence-corrected chi connectivity index (χ4v) is 2.86. The molecule has 1 aromatic rings. The van der Waals surface area contributed by atoms with Gasteiger partial charge in [-0.2, -0.15) is 0 Å². The Labute approximate surface area is 116 Å². The van der Waals surface area contributed by atoms with E-state index in [0.29, 0.717) is 5.38 Å². The first-order valence-corrected chi connectivity index (χ1v) is 7.34. The van der Waals surface area contributed by atoms with Crippen LogP contribution in [-0.2, 0) is 12.0 Å². The van der Waals surface area contributed by atoms with E-state index in [9.17, 15) is 0 Å². The molecule has 0 N–H and O–H groups in total. The lowest BCUT2D eigenvalue weighted by molar-refractivity contribution is 0.224. The van der Waals surface area contributed by atoms with Crippen LogP contribution in [0.2, 0.25) is 0 Å². The molecule has 0 bridgehead atoms. The first-order valence-electron chi connectivity index (χ1n) is 6.91. The fraction of sp³-hybridized carbons (Fsp3) is 0.625. The van der Waals surface area contributed by atoms with Gasteiger partial charge in [0.25, 0.3) is 0 Å². The van der Waals surface area contributed by atoms with Gasteiger partial charge < -0.3 is 0 Å². The molecule has 1 atom stereocenters. The molecule has 1 fully saturated rings. The molecule has 1 heterocycles. The van der Waals surface area contributed by atoms with Crippen LogP contribution < -0.4 is 0 Å². The van der Waals surface area contributed by atoms with Gasteiger partial charge in [0.1, 0.15) is 0 Å². The zero-order valence-corrected chi connectivity index (χ0v) is 12.5. The van der Waals surface area contributed by atoms with Gasteiger partial charge in [0.15, 0.2) is 0 Å². The van der Waals surface area contributed by atoms with E-state index < -0.39 is 0 Å². The molecule has 1 unspecified atom stereocenters. The maximum absolute atomic E-state index is 6.22. The molecule has 18 heavy (non-hydrogen) atoms. The predicted octanol–water partition coefficient (Wildman–Crippen LogP) is 4.19. The van der Waals surface area contributed by atoms with Gasteiger partial charge in [0, 0.05) is 18.5 Å². The van der Waals surface area contributed by atoms with E-state index in [-0.39, 0.29) is 5.41 Å². The zero-order chi connectivity index (χ0) is 13.2. The Morgan fingerprint density at radius 3 is 2.44 bits per heavy atom. The minimum Gasteiger partial charge on any atom is -0.298 e. The zero-order valence-electron chi connectivity index (χ0n) is 11.7. The molecule has 0 aliphatic carbocycles. The molecule has 0 spiro atoms. The lowest BCUT2D eigenvalue weighted by Gasteiger charge is -2.29. The predicted molar refractivity (Wildman–Crippen MR) is 79.3 cm³/mol. The molecule has 1 saturated heterocycles. The van der Waals surface area contributed by atoms with Gasteiger partial charge in [-0.05, 0) is 35.9 Å². The molecule has 1 aromatic carbocycles. The van der Waals surface area contributed by atoms with Crippen LogP contribution in [0.15, 0.2) is 24.3 Å². The van der Waals surface area contributed by atoms with Crippen LogP contribution in [-0.4, -0.2) is 23.4 Å². The third-order valence-electron chi connectivity index (χ3n) is 3.67. The maximum Gasteiger partial charge on any atom is 0.0463 e. The molecule has 0 radical (unpaired) electrons. The third-order valence-corrected chi connectivity index (χ3v) is 4.03. The van der Waals surface area contributed by atoms with Crippen LogP contribution in [0.3, 0.4) is 0 Å². The Bertz CT molecular complexity index is 377. The minimum atomic E-state index is 0.241. The standard InChI is InChI=1S/C16H24ClN/c1-16(2,3)14-8-6-13(7-9-14)11-18-10-4-5-15(17)12-18/h6-9,15H,4-5,10-12H2,1-3H3. The van der Waals surface area contributed by atoms with Gasteiger partial charge in [0.2, 0.25) is 0 Å². The maximum atomic E-state index is 6.22. The number of halogens is 1. The Balaban J connectivity index is 1.98.